The van der Waals surface area contributed by atoms with Gasteiger partial charge in [0, 0.05) is 19.4 Å². The highest BCUT2D eigenvalue weighted by atomic mass is 16.5. The minimum Gasteiger partial charge on any atom is -0.377 e. The molecule has 2 rings (SSSR count). The maximum atomic E-state index is 11.5. The molecule has 1 amide bonds. The zero-order valence-electron chi connectivity index (χ0n) is 10.9. The molecule has 1 N–H and O–H groups in total. The standard InChI is InChI=1S/C15H19NO3/c17-14-9-8-13(14)16-15(18)7-4-10-19-11-12-5-2-1-3-6-12/h1-3,5-6,13H,4,7-11H2,(H,16,18)/t13-/m0/s1. The average molecular weight is 261 g/mol. The molecule has 1 aromatic rings. The molecule has 0 bridgehead atoms. The fourth-order valence-corrected chi connectivity index (χ4v) is 1.92. The molecule has 0 aromatic heterocycles. The number of nitrogens with one attached hydrogen (secondary N) is 1. The molecule has 0 aliphatic heterocycles. The van der Waals surface area contributed by atoms with Gasteiger partial charge in [0.15, 0.2) is 5.78 Å². The third-order valence-corrected chi connectivity index (χ3v) is 3.21. The Morgan fingerprint density at radius 3 is 2.74 bits per heavy atom. The highest BCUT2D eigenvalue weighted by Crippen LogP contribution is 2.13. The van der Waals surface area contributed by atoms with E-state index >= 15 is 0 Å². The molecule has 1 saturated carbocycles. The number of rotatable bonds is 7. The Balaban J connectivity index is 1.52. The minimum atomic E-state index is -0.224. The van der Waals surface area contributed by atoms with E-state index in [0.717, 1.165) is 12.0 Å². The van der Waals surface area contributed by atoms with Crippen LogP contribution in [0.15, 0.2) is 30.3 Å². The van der Waals surface area contributed by atoms with Crippen LogP contribution in [0.1, 0.15) is 31.2 Å². The Hall–Kier alpha value is -1.68. The largest absolute Gasteiger partial charge is 0.377 e. The zero-order chi connectivity index (χ0) is 13.5. The Labute approximate surface area is 113 Å². The fraction of sp³-hybridized carbons (Fsp3) is 0.467. The first-order valence-electron chi connectivity index (χ1n) is 6.69. The summed E-state index contributed by atoms with van der Waals surface area (Å²) in [4.78, 5) is 22.6. The van der Waals surface area contributed by atoms with E-state index in [1.54, 1.807) is 0 Å². The lowest BCUT2D eigenvalue weighted by molar-refractivity contribution is -0.132. The van der Waals surface area contributed by atoms with Gasteiger partial charge in [-0.1, -0.05) is 30.3 Å². The maximum Gasteiger partial charge on any atom is 0.220 e. The van der Waals surface area contributed by atoms with Crippen LogP contribution >= 0.6 is 0 Å². The van der Waals surface area contributed by atoms with Crippen molar-refractivity contribution >= 4 is 11.7 Å². The number of carbonyl (C=O) groups excluding carboxylic acids is 2. The van der Waals surface area contributed by atoms with Crippen LogP contribution in [0, 0.1) is 0 Å². The van der Waals surface area contributed by atoms with E-state index in [4.69, 9.17) is 4.74 Å². The molecule has 0 saturated heterocycles. The van der Waals surface area contributed by atoms with Crippen LogP contribution < -0.4 is 5.32 Å². The summed E-state index contributed by atoms with van der Waals surface area (Å²) in [5.41, 5.74) is 1.13. The van der Waals surface area contributed by atoms with E-state index in [2.05, 4.69) is 5.32 Å². The van der Waals surface area contributed by atoms with Crippen molar-refractivity contribution < 1.29 is 14.3 Å². The van der Waals surface area contributed by atoms with E-state index in [1.165, 1.54) is 0 Å². The molecular formula is C15H19NO3. The van der Waals surface area contributed by atoms with Crippen LogP contribution in [0.25, 0.3) is 0 Å². The van der Waals surface area contributed by atoms with Gasteiger partial charge in [0.1, 0.15) is 0 Å². The van der Waals surface area contributed by atoms with Crippen LogP contribution in [0.4, 0.5) is 0 Å². The smallest absolute Gasteiger partial charge is 0.220 e. The molecule has 1 fully saturated rings. The summed E-state index contributed by atoms with van der Waals surface area (Å²) in [5.74, 6) is 0.0926. The molecule has 4 nitrogen and oxygen atoms in total. The first-order valence-corrected chi connectivity index (χ1v) is 6.69. The van der Waals surface area contributed by atoms with Gasteiger partial charge in [-0.3, -0.25) is 9.59 Å². The molecule has 0 unspecified atom stereocenters. The first-order chi connectivity index (χ1) is 9.25. The second-order valence-electron chi connectivity index (χ2n) is 4.77. The number of benzene rings is 1. The van der Waals surface area contributed by atoms with Gasteiger partial charge in [-0.15, -0.1) is 0 Å². The Morgan fingerprint density at radius 2 is 2.11 bits per heavy atom. The summed E-state index contributed by atoms with van der Waals surface area (Å²) in [5, 5.41) is 2.73. The van der Waals surface area contributed by atoms with Crippen molar-refractivity contribution in [2.24, 2.45) is 0 Å². The summed E-state index contributed by atoms with van der Waals surface area (Å²) in [6.07, 6.45) is 2.48. The molecule has 102 valence electrons. The molecule has 1 aliphatic carbocycles. The third-order valence-electron chi connectivity index (χ3n) is 3.21. The zero-order valence-corrected chi connectivity index (χ0v) is 10.9. The molecule has 1 atom stereocenters. The van der Waals surface area contributed by atoms with Crippen molar-refractivity contribution in [3.8, 4) is 0 Å². The SMILES string of the molecule is O=C(CCCOCc1ccccc1)N[C@H]1CCC1=O. The predicted octanol–water partition coefficient (Wildman–Crippen LogP) is 1.83. The number of ketones is 1. The number of Topliss-reactive ketones (excluding diaryl/α,β-unsaturated/α-hetero) is 1. The molecule has 1 aromatic carbocycles. The quantitative estimate of drug-likeness (QED) is 0.762. The van der Waals surface area contributed by atoms with E-state index in [-0.39, 0.29) is 17.7 Å². The topological polar surface area (TPSA) is 55.4 Å². The van der Waals surface area contributed by atoms with Crippen LogP contribution in [-0.2, 0) is 20.9 Å². The minimum absolute atomic E-state index is 0.0543. The Morgan fingerprint density at radius 1 is 1.32 bits per heavy atom. The summed E-state index contributed by atoms with van der Waals surface area (Å²) in [6.45, 7) is 1.13. The van der Waals surface area contributed by atoms with Gasteiger partial charge in [-0.05, 0) is 18.4 Å². The van der Waals surface area contributed by atoms with Crippen molar-refractivity contribution in [1.82, 2.24) is 5.32 Å². The average Bonchev–Trinajstić information content (AvgIpc) is 2.44. The number of hydrogen-bond donors (Lipinski definition) is 1. The normalized spacial score (nSPS) is 17.9. The van der Waals surface area contributed by atoms with Crippen LogP contribution in [0.3, 0.4) is 0 Å². The van der Waals surface area contributed by atoms with Gasteiger partial charge in [0.2, 0.25) is 5.91 Å². The van der Waals surface area contributed by atoms with Crippen molar-refractivity contribution in [2.45, 2.75) is 38.3 Å². The number of amides is 1. The van der Waals surface area contributed by atoms with Gasteiger partial charge >= 0.3 is 0 Å². The van der Waals surface area contributed by atoms with Crippen molar-refractivity contribution in [2.75, 3.05) is 6.61 Å². The predicted molar refractivity (Wildman–Crippen MR) is 71.5 cm³/mol. The highest BCUT2D eigenvalue weighted by molar-refractivity contribution is 5.93. The van der Waals surface area contributed by atoms with Crippen molar-refractivity contribution in [3.05, 3.63) is 35.9 Å². The van der Waals surface area contributed by atoms with Gasteiger partial charge in [-0.25, -0.2) is 0 Å². The molecule has 1 aliphatic rings. The lowest BCUT2D eigenvalue weighted by Gasteiger charge is -2.24. The molecule has 19 heavy (non-hydrogen) atoms. The molecule has 4 heteroatoms. The second kappa shape index (κ2) is 7.04. The summed E-state index contributed by atoms with van der Waals surface area (Å²) in [7, 11) is 0. The summed E-state index contributed by atoms with van der Waals surface area (Å²) in [6, 6.07) is 9.71. The van der Waals surface area contributed by atoms with E-state index in [1.807, 2.05) is 30.3 Å². The monoisotopic (exact) mass is 261 g/mol. The number of carbonyl (C=O) groups is 2. The lowest BCUT2D eigenvalue weighted by Crippen LogP contribution is -2.47. The number of hydrogen-bond acceptors (Lipinski definition) is 3. The van der Waals surface area contributed by atoms with Crippen LogP contribution in [-0.4, -0.2) is 24.3 Å². The maximum absolute atomic E-state index is 11.5. The molecule has 0 heterocycles. The van der Waals surface area contributed by atoms with Gasteiger partial charge < -0.3 is 10.1 Å². The van der Waals surface area contributed by atoms with Crippen LogP contribution in [0.5, 0.6) is 0 Å². The molecular weight excluding hydrogens is 242 g/mol. The highest BCUT2D eigenvalue weighted by Gasteiger charge is 2.28. The fourth-order valence-electron chi connectivity index (χ4n) is 1.92. The Kier molecular flexibility index (Phi) is 5.10. The van der Waals surface area contributed by atoms with Crippen molar-refractivity contribution in [1.29, 1.82) is 0 Å². The summed E-state index contributed by atoms with van der Waals surface area (Å²) >= 11 is 0. The van der Waals surface area contributed by atoms with E-state index in [9.17, 15) is 9.59 Å². The molecule has 0 spiro atoms. The first kappa shape index (κ1) is 13.7. The lowest BCUT2D eigenvalue weighted by atomic mass is 9.91. The third kappa shape index (κ3) is 4.48. The van der Waals surface area contributed by atoms with Crippen LogP contribution in [0.2, 0.25) is 0 Å². The Bertz CT molecular complexity index is 430. The van der Waals surface area contributed by atoms with Crippen molar-refractivity contribution in [3.63, 3.8) is 0 Å². The van der Waals surface area contributed by atoms with E-state index < -0.39 is 0 Å². The summed E-state index contributed by atoms with van der Waals surface area (Å²) < 4.78 is 5.49. The number of ether oxygens (including phenoxy) is 1. The molecule has 0 radical (unpaired) electrons. The van der Waals surface area contributed by atoms with Gasteiger partial charge in [-0.2, -0.15) is 0 Å². The van der Waals surface area contributed by atoms with E-state index in [0.29, 0.717) is 32.5 Å². The van der Waals surface area contributed by atoms with Gasteiger partial charge in [0.25, 0.3) is 0 Å². The van der Waals surface area contributed by atoms with Gasteiger partial charge in [0.05, 0.1) is 12.6 Å². The second-order valence-corrected chi connectivity index (χ2v) is 4.77.